The van der Waals surface area contributed by atoms with E-state index in [4.69, 9.17) is 4.74 Å². The summed E-state index contributed by atoms with van der Waals surface area (Å²) >= 11 is 0. The van der Waals surface area contributed by atoms with Crippen LogP contribution in [0.1, 0.15) is 22.7 Å². The van der Waals surface area contributed by atoms with Crippen LogP contribution in [-0.4, -0.2) is 6.09 Å². The molecule has 0 fully saturated rings. The lowest BCUT2D eigenvalue weighted by Gasteiger charge is -2.20. The lowest BCUT2D eigenvalue weighted by atomic mass is 9.96. The van der Waals surface area contributed by atoms with Crippen molar-refractivity contribution >= 4 is 6.09 Å². The van der Waals surface area contributed by atoms with Crippen LogP contribution in [0.15, 0.2) is 115 Å². The lowest BCUT2D eigenvalue weighted by Crippen LogP contribution is -2.29. The van der Waals surface area contributed by atoms with Crippen molar-refractivity contribution in [1.29, 1.82) is 0 Å². The van der Waals surface area contributed by atoms with E-state index < -0.39 is 6.09 Å². The van der Waals surface area contributed by atoms with E-state index in [1.165, 1.54) is 0 Å². The van der Waals surface area contributed by atoms with Gasteiger partial charge in [-0.15, -0.1) is 0 Å². The molecule has 1 atom stereocenters. The van der Waals surface area contributed by atoms with E-state index in [2.05, 4.69) is 41.7 Å². The van der Waals surface area contributed by atoms with Gasteiger partial charge in [0.2, 0.25) is 0 Å². The largest absolute Gasteiger partial charge is 0.445 e. The van der Waals surface area contributed by atoms with E-state index in [9.17, 15) is 4.79 Å². The quantitative estimate of drug-likeness (QED) is 0.413. The Kier molecular flexibility index (Phi) is 6.21. The van der Waals surface area contributed by atoms with Gasteiger partial charge in [0, 0.05) is 0 Å². The molecule has 3 heteroatoms. The molecule has 0 bridgehead atoms. The van der Waals surface area contributed by atoms with Crippen molar-refractivity contribution in [3.63, 3.8) is 0 Å². The maximum atomic E-state index is 12.5. The van der Waals surface area contributed by atoms with Crippen molar-refractivity contribution in [3.05, 3.63) is 132 Å². The van der Waals surface area contributed by atoms with Crippen LogP contribution in [-0.2, 0) is 11.3 Å². The van der Waals surface area contributed by atoms with E-state index in [1.54, 1.807) is 0 Å². The molecule has 148 valence electrons. The molecule has 1 amide bonds. The molecule has 0 aromatic heterocycles. The van der Waals surface area contributed by atoms with Gasteiger partial charge in [0.15, 0.2) is 0 Å². The number of nitrogens with one attached hydrogen (secondary N) is 1. The number of hydrogen-bond donors (Lipinski definition) is 1. The Morgan fingerprint density at radius 1 is 0.633 bits per heavy atom. The fourth-order valence-electron chi connectivity index (χ4n) is 3.39. The van der Waals surface area contributed by atoms with Gasteiger partial charge in [-0.05, 0) is 27.8 Å². The second kappa shape index (κ2) is 9.57. The summed E-state index contributed by atoms with van der Waals surface area (Å²) in [6.07, 6.45) is -0.445. The summed E-state index contributed by atoms with van der Waals surface area (Å²) in [5.74, 6) is 0. The van der Waals surface area contributed by atoms with Gasteiger partial charge in [-0.3, -0.25) is 0 Å². The smallest absolute Gasteiger partial charge is 0.408 e. The first kappa shape index (κ1) is 19.5. The highest BCUT2D eigenvalue weighted by Crippen LogP contribution is 2.26. The maximum Gasteiger partial charge on any atom is 0.408 e. The molecular formula is C27H23NO2. The van der Waals surface area contributed by atoms with Crippen LogP contribution < -0.4 is 5.32 Å². The second-order valence-electron chi connectivity index (χ2n) is 7.04. The topological polar surface area (TPSA) is 38.3 Å². The molecule has 0 heterocycles. The Balaban J connectivity index is 1.52. The van der Waals surface area contributed by atoms with E-state index in [1.807, 2.05) is 78.9 Å². The molecule has 0 aliphatic carbocycles. The summed E-state index contributed by atoms with van der Waals surface area (Å²) in [5, 5.41) is 3.02. The summed E-state index contributed by atoms with van der Waals surface area (Å²) < 4.78 is 5.44. The molecule has 30 heavy (non-hydrogen) atoms. The lowest BCUT2D eigenvalue weighted by molar-refractivity contribution is 0.137. The standard InChI is InChI=1S/C27H23NO2/c29-27(30-20-21-10-4-1-5-11-21)28-26(24-14-8-3-9-15-24)25-18-16-23(17-19-25)22-12-6-2-7-13-22/h1-19,26H,20H2,(H,28,29)/t26-/m1/s1. The molecule has 0 spiro atoms. The van der Waals surface area contributed by atoms with E-state index in [0.29, 0.717) is 0 Å². The number of carbonyl (C=O) groups is 1. The normalized spacial score (nSPS) is 11.5. The first-order valence-electron chi connectivity index (χ1n) is 9.97. The SMILES string of the molecule is O=C(N[C@H](c1ccccc1)c1ccc(-c2ccccc2)cc1)OCc1ccccc1. The van der Waals surface area contributed by atoms with Crippen molar-refractivity contribution in [2.75, 3.05) is 0 Å². The minimum Gasteiger partial charge on any atom is -0.445 e. The van der Waals surface area contributed by atoms with Crippen molar-refractivity contribution in [2.24, 2.45) is 0 Å². The van der Waals surface area contributed by atoms with Crippen LogP contribution in [0.2, 0.25) is 0 Å². The zero-order valence-electron chi connectivity index (χ0n) is 16.6. The molecule has 1 N–H and O–H groups in total. The summed E-state index contributed by atoms with van der Waals surface area (Å²) in [5.41, 5.74) is 5.25. The summed E-state index contributed by atoms with van der Waals surface area (Å²) in [4.78, 5) is 12.5. The predicted molar refractivity (Wildman–Crippen MR) is 120 cm³/mol. The Morgan fingerprint density at radius 2 is 1.13 bits per heavy atom. The van der Waals surface area contributed by atoms with Gasteiger partial charge in [-0.2, -0.15) is 0 Å². The van der Waals surface area contributed by atoms with Crippen molar-refractivity contribution in [2.45, 2.75) is 12.6 Å². The van der Waals surface area contributed by atoms with Gasteiger partial charge in [0.25, 0.3) is 0 Å². The van der Waals surface area contributed by atoms with Crippen LogP contribution >= 0.6 is 0 Å². The van der Waals surface area contributed by atoms with Gasteiger partial charge in [0.1, 0.15) is 6.61 Å². The Bertz CT molecular complexity index is 1060. The van der Waals surface area contributed by atoms with Crippen LogP contribution in [0.4, 0.5) is 4.79 Å². The first-order valence-corrected chi connectivity index (χ1v) is 9.97. The van der Waals surface area contributed by atoms with E-state index in [-0.39, 0.29) is 12.6 Å². The molecule has 0 aliphatic rings. The molecule has 0 aliphatic heterocycles. The Morgan fingerprint density at radius 3 is 1.77 bits per heavy atom. The highest BCUT2D eigenvalue weighted by atomic mass is 16.5. The zero-order valence-corrected chi connectivity index (χ0v) is 16.6. The molecular weight excluding hydrogens is 370 g/mol. The third-order valence-electron chi connectivity index (χ3n) is 4.96. The number of rotatable bonds is 6. The number of ether oxygens (including phenoxy) is 1. The average molecular weight is 393 g/mol. The summed E-state index contributed by atoms with van der Waals surface area (Å²) in [6, 6.07) is 37.8. The molecule has 3 nitrogen and oxygen atoms in total. The second-order valence-corrected chi connectivity index (χ2v) is 7.04. The van der Waals surface area contributed by atoms with Crippen molar-refractivity contribution in [3.8, 4) is 11.1 Å². The van der Waals surface area contributed by atoms with Gasteiger partial charge >= 0.3 is 6.09 Å². The van der Waals surface area contributed by atoms with Crippen molar-refractivity contribution < 1.29 is 9.53 Å². The highest BCUT2D eigenvalue weighted by Gasteiger charge is 2.18. The molecule has 4 aromatic rings. The molecule has 0 radical (unpaired) electrons. The van der Waals surface area contributed by atoms with Gasteiger partial charge < -0.3 is 10.1 Å². The molecule has 0 saturated carbocycles. The number of benzene rings is 4. The van der Waals surface area contributed by atoms with Crippen molar-refractivity contribution in [1.82, 2.24) is 5.32 Å². The monoisotopic (exact) mass is 393 g/mol. The number of carbonyl (C=O) groups excluding carboxylic acids is 1. The van der Waals surface area contributed by atoms with E-state index in [0.717, 1.165) is 27.8 Å². The molecule has 4 aromatic carbocycles. The zero-order chi connectivity index (χ0) is 20.6. The maximum absolute atomic E-state index is 12.5. The highest BCUT2D eigenvalue weighted by molar-refractivity contribution is 5.69. The molecule has 0 unspecified atom stereocenters. The van der Waals surface area contributed by atoms with Crippen LogP contribution in [0.5, 0.6) is 0 Å². The fourth-order valence-corrected chi connectivity index (χ4v) is 3.39. The van der Waals surface area contributed by atoms with Gasteiger partial charge in [0.05, 0.1) is 6.04 Å². The van der Waals surface area contributed by atoms with Crippen LogP contribution in [0.3, 0.4) is 0 Å². The third kappa shape index (κ3) is 4.95. The van der Waals surface area contributed by atoms with E-state index >= 15 is 0 Å². The summed E-state index contributed by atoms with van der Waals surface area (Å²) in [7, 11) is 0. The van der Waals surface area contributed by atoms with Crippen LogP contribution in [0, 0.1) is 0 Å². The van der Waals surface area contributed by atoms with Crippen LogP contribution in [0.25, 0.3) is 11.1 Å². The molecule has 0 saturated heterocycles. The van der Waals surface area contributed by atoms with Gasteiger partial charge in [-0.25, -0.2) is 4.79 Å². The number of hydrogen-bond acceptors (Lipinski definition) is 2. The minimum atomic E-state index is -0.445. The molecule has 4 rings (SSSR count). The third-order valence-corrected chi connectivity index (χ3v) is 4.96. The fraction of sp³-hybridized carbons (Fsp3) is 0.0741. The number of alkyl carbamates (subject to hydrolysis) is 1. The number of amides is 1. The minimum absolute atomic E-state index is 0.237. The first-order chi connectivity index (χ1) is 14.8. The Labute approximate surface area is 177 Å². The van der Waals surface area contributed by atoms with Gasteiger partial charge in [-0.1, -0.05) is 115 Å². The predicted octanol–water partition coefficient (Wildman–Crippen LogP) is 6.37. The Hall–Kier alpha value is -3.85. The summed E-state index contributed by atoms with van der Waals surface area (Å²) in [6.45, 7) is 0.237. The average Bonchev–Trinajstić information content (AvgIpc) is 2.83.